The quantitative estimate of drug-likeness (QED) is 0.445. The Labute approximate surface area is 225 Å². The Kier molecular flexibility index (Phi) is 7.35. The number of ether oxygens (including phenoxy) is 2. The zero-order valence-corrected chi connectivity index (χ0v) is 21.8. The van der Waals surface area contributed by atoms with Crippen molar-refractivity contribution in [2.45, 2.75) is 44.6 Å². The Morgan fingerprint density at radius 1 is 1.10 bits per heavy atom. The van der Waals surface area contributed by atoms with Crippen LogP contribution in [0.1, 0.15) is 54.2 Å². The fourth-order valence-corrected chi connectivity index (χ4v) is 5.93. The van der Waals surface area contributed by atoms with Crippen molar-refractivity contribution in [3.05, 3.63) is 41.7 Å². The number of aromatic nitrogens is 3. The van der Waals surface area contributed by atoms with Crippen LogP contribution >= 0.6 is 0 Å². The van der Waals surface area contributed by atoms with Gasteiger partial charge < -0.3 is 19.5 Å². The van der Waals surface area contributed by atoms with Crippen LogP contribution < -0.4 is 9.64 Å². The molecule has 2 aromatic heterocycles. The molecular weight excluding hydrogens is 508 g/mol. The number of hydrogen-bond acceptors (Lipinski definition) is 7. The van der Waals surface area contributed by atoms with Crippen LogP contribution in [0.3, 0.4) is 0 Å². The third-order valence-electron chi connectivity index (χ3n) is 8.22. The second kappa shape index (κ2) is 11.1. The molecule has 0 spiro atoms. The lowest BCUT2D eigenvalue weighted by molar-refractivity contribution is -0.0498. The minimum atomic E-state index is -2.95. The maximum absolute atomic E-state index is 12.9. The number of benzene rings is 1. The number of morpholine rings is 1. The number of alkyl halides is 2. The van der Waals surface area contributed by atoms with E-state index in [-0.39, 0.29) is 17.4 Å². The summed E-state index contributed by atoms with van der Waals surface area (Å²) in [5, 5.41) is 15.7. The fraction of sp³-hybridized carbons (Fsp3) is 0.536. The molecule has 0 unspecified atom stereocenters. The van der Waals surface area contributed by atoms with Gasteiger partial charge in [-0.2, -0.15) is 13.9 Å². The van der Waals surface area contributed by atoms with Crippen molar-refractivity contribution in [3.8, 4) is 11.4 Å². The Morgan fingerprint density at radius 2 is 1.87 bits per heavy atom. The SMILES string of the molecule is O=C(O)c1cc(N2CCC(CN3CCOCC3)CC2)c2c(C3CCC3)nn(-c3cccc(OC(F)F)c3)c2n1. The molecule has 11 heteroatoms. The van der Waals surface area contributed by atoms with Gasteiger partial charge in [-0.05, 0) is 49.8 Å². The van der Waals surface area contributed by atoms with E-state index in [1.54, 1.807) is 22.9 Å². The van der Waals surface area contributed by atoms with Gasteiger partial charge in [0.25, 0.3) is 0 Å². The maximum Gasteiger partial charge on any atom is 0.387 e. The van der Waals surface area contributed by atoms with Gasteiger partial charge in [-0.15, -0.1) is 0 Å². The summed E-state index contributed by atoms with van der Waals surface area (Å²) in [5.41, 5.74) is 2.60. The van der Waals surface area contributed by atoms with Gasteiger partial charge in [-0.1, -0.05) is 12.5 Å². The molecule has 0 radical (unpaired) electrons. The normalized spacial score (nSPS) is 19.5. The minimum Gasteiger partial charge on any atom is -0.477 e. The third-order valence-corrected chi connectivity index (χ3v) is 8.22. The van der Waals surface area contributed by atoms with E-state index in [2.05, 4.69) is 19.5 Å². The summed E-state index contributed by atoms with van der Waals surface area (Å²) >= 11 is 0. The molecule has 3 fully saturated rings. The van der Waals surface area contributed by atoms with Crippen LogP contribution in [-0.4, -0.2) is 83.3 Å². The number of carboxylic acids is 1. The molecule has 39 heavy (non-hydrogen) atoms. The molecule has 2 saturated heterocycles. The molecule has 4 heterocycles. The number of fused-ring (bicyclic) bond motifs is 1. The van der Waals surface area contributed by atoms with Crippen LogP contribution in [0.2, 0.25) is 0 Å². The van der Waals surface area contributed by atoms with Crippen LogP contribution in [0, 0.1) is 5.92 Å². The molecule has 1 aliphatic carbocycles. The van der Waals surface area contributed by atoms with Crippen LogP contribution in [0.5, 0.6) is 5.75 Å². The van der Waals surface area contributed by atoms with Crippen molar-refractivity contribution in [1.82, 2.24) is 19.7 Å². The van der Waals surface area contributed by atoms with E-state index in [9.17, 15) is 18.7 Å². The maximum atomic E-state index is 12.9. The number of carboxylic acid groups (broad SMARTS) is 1. The summed E-state index contributed by atoms with van der Waals surface area (Å²) in [6, 6.07) is 7.97. The van der Waals surface area contributed by atoms with E-state index in [0.29, 0.717) is 17.3 Å². The minimum absolute atomic E-state index is 0.00768. The van der Waals surface area contributed by atoms with Gasteiger partial charge in [-0.3, -0.25) is 4.90 Å². The lowest BCUT2D eigenvalue weighted by Gasteiger charge is -2.37. The average molecular weight is 542 g/mol. The summed E-state index contributed by atoms with van der Waals surface area (Å²) in [6.07, 6.45) is 5.15. The van der Waals surface area contributed by atoms with Crippen LogP contribution in [0.15, 0.2) is 30.3 Å². The number of pyridine rings is 1. The lowest BCUT2D eigenvalue weighted by Crippen LogP contribution is -2.43. The fourth-order valence-electron chi connectivity index (χ4n) is 5.93. The Balaban J connectivity index is 1.37. The topological polar surface area (TPSA) is 93.0 Å². The largest absolute Gasteiger partial charge is 0.477 e. The first-order valence-corrected chi connectivity index (χ1v) is 13.7. The van der Waals surface area contributed by atoms with E-state index in [4.69, 9.17) is 9.84 Å². The Hall–Kier alpha value is -3.31. The highest BCUT2D eigenvalue weighted by Crippen LogP contribution is 2.43. The monoisotopic (exact) mass is 541 g/mol. The van der Waals surface area contributed by atoms with Crippen molar-refractivity contribution < 1.29 is 28.2 Å². The molecule has 0 amide bonds. The number of nitrogens with zero attached hydrogens (tertiary/aromatic N) is 5. The first-order chi connectivity index (χ1) is 19.0. The summed E-state index contributed by atoms with van der Waals surface area (Å²) in [5.74, 6) is -0.271. The van der Waals surface area contributed by atoms with Gasteiger partial charge in [0.2, 0.25) is 0 Å². The second-order valence-electron chi connectivity index (χ2n) is 10.7. The summed E-state index contributed by atoms with van der Waals surface area (Å²) < 4.78 is 37.5. The van der Waals surface area contributed by atoms with Gasteiger partial charge in [0, 0.05) is 44.7 Å². The molecule has 6 rings (SSSR count). The zero-order chi connectivity index (χ0) is 26.9. The molecule has 3 aliphatic rings. The van der Waals surface area contributed by atoms with Crippen molar-refractivity contribution in [1.29, 1.82) is 0 Å². The number of anilines is 1. The summed E-state index contributed by atoms with van der Waals surface area (Å²) in [7, 11) is 0. The zero-order valence-electron chi connectivity index (χ0n) is 21.8. The van der Waals surface area contributed by atoms with E-state index in [1.807, 2.05) is 0 Å². The number of halogens is 2. The number of piperidine rings is 1. The average Bonchev–Trinajstić information content (AvgIpc) is 3.27. The summed E-state index contributed by atoms with van der Waals surface area (Å²) in [4.78, 5) is 21.4. The standard InChI is InChI=1S/C28H33F2N5O4/c29-28(30)39-21-6-2-5-20(15-21)35-26-24(25(32-35)19-3-1-4-19)23(16-22(31-26)27(36)37)34-9-7-18(8-10-34)17-33-11-13-38-14-12-33/h2,5-6,15-16,18-19,28H,1,3-4,7-14,17H2,(H,36,37). The number of aromatic carboxylic acids is 1. The Morgan fingerprint density at radius 3 is 2.54 bits per heavy atom. The predicted octanol–water partition coefficient (Wildman–Crippen LogP) is 4.54. The van der Waals surface area contributed by atoms with Crippen LogP contribution in [0.4, 0.5) is 14.5 Å². The van der Waals surface area contributed by atoms with Gasteiger partial charge in [0.1, 0.15) is 5.75 Å². The highest BCUT2D eigenvalue weighted by atomic mass is 19.3. The molecule has 0 bridgehead atoms. The van der Waals surface area contributed by atoms with Crippen molar-refractivity contribution in [2.24, 2.45) is 5.92 Å². The number of hydrogen-bond donors (Lipinski definition) is 1. The predicted molar refractivity (Wildman–Crippen MR) is 141 cm³/mol. The molecule has 1 N–H and O–H groups in total. The molecule has 9 nitrogen and oxygen atoms in total. The van der Waals surface area contributed by atoms with E-state index >= 15 is 0 Å². The van der Waals surface area contributed by atoms with E-state index in [0.717, 1.165) is 94.8 Å². The van der Waals surface area contributed by atoms with Crippen molar-refractivity contribution in [3.63, 3.8) is 0 Å². The third kappa shape index (κ3) is 5.42. The first kappa shape index (κ1) is 25.9. The first-order valence-electron chi connectivity index (χ1n) is 13.7. The lowest BCUT2D eigenvalue weighted by atomic mass is 9.81. The molecule has 208 valence electrons. The molecule has 1 aromatic carbocycles. The van der Waals surface area contributed by atoms with E-state index < -0.39 is 12.6 Å². The highest BCUT2D eigenvalue weighted by molar-refractivity contribution is 5.98. The van der Waals surface area contributed by atoms with Crippen LogP contribution in [-0.2, 0) is 4.74 Å². The Bertz CT molecular complexity index is 1330. The van der Waals surface area contributed by atoms with Gasteiger partial charge >= 0.3 is 12.6 Å². The van der Waals surface area contributed by atoms with E-state index in [1.165, 1.54) is 12.1 Å². The number of carbonyl (C=O) groups is 1. The smallest absolute Gasteiger partial charge is 0.387 e. The van der Waals surface area contributed by atoms with Gasteiger partial charge in [0.05, 0.1) is 35.7 Å². The molecule has 1 saturated carbocycles. The van der Waals surface area contributed by atoms with Crippen molar-refractivity contribution >= 4 is 22.7 Å². The summed E-state index contributed by atoms with van der Waals surface area (Å²) in [6.45, 7) is 3.27. The number of rotatable bonds is 8. The van der Waals surface area contributed by atoms with Gasteiger partial charge in [-0.25, -0.2) is 14.5 Å². The van der Waals surface area contributed by atoms with Gasteiger partial charge in [0.15, 0.2) is 11.3 Å². The molecule has 3 aromatic rings. The molecular formula is C28H33F2N5O4. The van der Waals surface area contributed by atoms with Crippen LogP contribution in [0.25, 0.3) is 16.7 Å². The molecule has 2 aliphatic heterocycles. The van der Waals surface area contributed by atoms with Crippen molar-refractivity contribution in [2.75, 3.05) is 50.8 Å². The second-order valence-corrected chi connectivity index (χ2v) is 10.7. The highest BCUT2D eigenvalue weighted by Gasteiger charge is 2.32. The molecule has 0 atom stereocenters.